The zero-order valence-electron chi connectivity index (χ0n) is 25.3. The monoisotopic (exact) mass is 860 g/mol. The number of benzene rings is 3. The molecule has 252 valence electrons. The van der Waals surface area contributed by atoms with E-state index in [0.717, 1.165) is 9.13 Å². The third kappa shape index (κ3) is 6.68. The van der Waals surface area contributed by atoms with Gasteiger partial charge in [0.25, 0.3) is 0 Å². The van der Waals surface area contributed by atoms with E-state index in [9.17, 15) is 26.3 Å². The molecule has 0 aliphatic heterocycles. The minimum Gasteiger partial charge on any atom is -0.407 e. The van der Waals surface area contributed by atoms with Crippen LogP contribution in [0.2, 0.25) is 0 Å². The van der Waals surface area contributed by atoms with E-state index in [1.54, 1.807) is 78.9 Å². The average Bonchev–Trinajstić information content (AvgIpc) is 3.77. The largest absolute Gasteiger partial charge is 2.00 e. The number of imidazole rings is 2. The summed E-state index contributed by atoms with van der Waals surface area (Å²) in [5, 5.41) is 0. The zero-order valence-corrected chi connectivity index (χ0v) is 27.6. The Kier molecular flexibility index (Phi) is 9.44. The summed E-state index contributed by atoms with van der Waals surface area (Å²) in [5.41, 5.74) is -1.79. The van der Waals surface area contributed by atoms with Gasteiger partial charge in [0, 0.05) is 29.7 Å². The number of anilines is 3. The Morgan fingerprint density at radius 1 is 0.480 bits per heavy atom. The van der Waals surface area contributed by atoms with Crippen molar-refractivity contribution in [3.8, 4) is 34.2 Å². The minimum atomic E-state index is -4.82. The molecule has 7 aromatic rings. The number of halogens is 6. The number of para-hydroxylation sites is 1. The summed E-state index contributed by atoms with van der Waals surface area (Å²) in [6.07, 6.45) is -4.76. The molecule has 7 rings (SSSR count). The molecular formula is C36H21F6N7Pt. The molecule has 0 aliphatic carbocycles. The van der Waals surface area contributed by atoms with Crippen LogP contribution >= 0.6 is 0 Å². The van der Waals surface area contributed by atoms with Gasteiger partial charge in [-0.25, -0.2) is 0 Å². The number of alkyl halides is 6. The van der Waals surface area contributed by atoms with Crippen molar-refractivity contribution in [1.29, 1.82) is 0 Å². The average molecular weight is 861 g/mol. The summed E-state index contributed by atoms with van der Waals surface area (Å²) >= 11 is 0. The summed E-state index contributed by atoms with van der Waals surface area (Å²) in [6, 6.07) is 33.3. The first kappa shape index (κ1) is 34.3. The Labute approximate surface area is 295 Å². The molecule has 0 spiro atoms. The van der Waals surface area contributed by atoms with E-state index >= 15 is 0 Å². The molecule has 0 fully saturated rings. The van der Waals surface area contributed by atoms with Crippen LogP contribution < -0.4 is 4.90 Å². The van der Waals surface area contributed by atoms with E-state index in [0.29, 0.717) is 5.69 Å². The van der Waals surface area contributed by atoms with E-state index in [-0.39, 0.29) is 66.9 Å². The van der Waals surface area contributed by atoms with Crippen LogP contribution in [0.3, 0.4) is 0 Å². The summed E-state index contributed by atoms with van der Waals surface area (Å²) in [6.45, 7) is 0. The number of nitrogens with zero attached hydrogens (tertiary/aromatic N) is 7. The maximum Gasteiger partial charge on any atom is 2.00 e. The number of hydrogen-bond donors (Lipinski definition) is 0. The van der Waals surface area contributed by atoms with E-state index in [2.05, 4.69) is 32.6 Å². The van der Waals surface area contributed by atoms with Crippen LogP contribution in [0.5, 0.6) is 0 Å². The number of rotatable bonds is 7. The molecule has 0 amide bonds. The predicted octanol–water partition coefficient (Wildman–Crippen LogP) is 9.29. The Balaban J connectivity index is 0.00000432. The van der Waals surface area contributed by atoms with Gasteiger partial charge in [-0.3, -0.25) is 14.9 Å². The summed E-state index contributed by atoms with van der Waals surface area (Å²) in [7, 11) is 0. The third-order valence-corrected chi connectivity index (χ3v) is 7.42. The van der Waals surface area contributed by atoms with Crippen molar-refractivity contribution in [2.24, 2.45) is 0 Å². The van der Waals surface area contributed by atoms with Crippen molar-refractivity contribution in [2.75, 3.05) is 4.90 Å². The number of aromatic nitrogens is 6. The molecule has 0 bridgehead atoms. The number of hydrogen-bond acceptors (Lipinski definition) is 5. The second kappa shape index (κ2) is 13.8. The standard InChI is InChI=1S/C36H21F6N7.Pt/c37-35(38,39)33-31(24-12-4-1-5-13-24)43-22-47(33)27-18-10-20-29(45-27)49(26-16-8-3-9-17-26)30-21-11-19-28(46-30)48-23-44-32(34(48)36(40,41)42)25-14-6-2-7-15-25;/h1-21H;/q-2;+2. The molecule has 0 saturated heterocycles. The fraction of sp³-hybridized carbons (Fsp3) is 0.0556. The number of pyridine rings is 2. The maximum absolute atomic E-state index is 14.5. The quantitative estimate of drug-likeness (QED) is 0.118. The van der Waals surface area contributed by atoms with Gasteiger partial charge in [-0.15, -0.1) is 0 Å². The Morgan fingerprint density at radius 3 is 1.24 bits per heavy atom. The second-order valence-corrected chi connectivity index (χ2v) is 10.6. The van der Waals surface area contributed by atoms with Crippen molar-refractivity contribution < 1.29 is 47.4 Å². The summed E-state index contributed by atoms with van der Waals surface area (Å²) in [5.74, 6) is -0.0428. The second-order valence-electron chi connectivity index (χ2n) is 10.6. The third-order valence-electron chi connectivity index (χ3n) is 7.42. The van der Waals surface area contributed by atoms with Crippen LogP contribution in [0.15, 0.2) is 127 Å². The molecular weight excluding hydrogens is 840 g/mol. The van der Waals surface area contributed by atoms with Gasteiger partial charge in [0.2, 0.25) is 0 Å². The first-order chi connectivity index (χ1) is 23.6. The van der Waals surface area contributed by atoms with Gasteiger partial charge < -0.3 is 19.1 Å². The van der Waals surface area contributed by atoms with Crippen LogP contribution in [-0.4, -0.2) is 29.1 Å². The van der Waals surface area contributed by atoms with Crippen molar-refractivity contribution in [3.05, 3.63) is 151 Å². The van der Waals surface area contributed by atoms with E-state index in [1.165, 1.54) is 53.4 Å². The summed E-state index contributed by atoms with van der Waals surface area (Å²) < 4.78 is 88.6. The van der Waals surface area contributed by atoms with E-state index in [4.69, 9.17) is 0 Å². The van der Waals surface area contributed by atoms with Crippen molar-refractivity contribution >= 4 is 17.3 Å². The van der Waals surface area contributed by atoms with Crippen LogP contribution in [0.4, 0.5) is 43.7 Å². The van der Waals surface area contributed by atoms with Gasteiger partial charge >= 0.3 is 33.4 Å². The van der Waals surface area contributed by atoms with Crippen LogP contribution in [-0.2, 0) is 33.4 Å². The van der Waals surface area contributed by atoms with Crippen LogP contribution in [0.25, 0.3) is 34.2 Å². The Morgan fingerprint density at radius 2 is 0.860 bits per heavy atom. The molecule has 0 unspecified atom stereocenters. The minimum absolute atomic E-state index is 0. The molecule has 4 aromatic heterocycles. The molecule has 0 saturated carbocycles. The van der Waals surface area contributed by atoms with Gasteiger partial charge in [0.15, 0.2) is 0 Å². The van der Waals surface area contributed by atoms with Gasteiger partial charge in [0.05, 0.1) is 11.6 Å². The van der Waals surface area contributed by atoms with Crippen LogP contribution in [0, 0.1) is 12.7 Å². The van der Waals surface area contributed by atoms with Gasteiger partial charge in [0.1, 0.15) is 11.6 Å². The first-order valence-corrected chi connectivity index (χ1v) is 14.7. The molecule has 0 atom stereocenters. The van der Waals surface area contributed by atoms with Crippen LogP contribution in [0.1, 0.15) is 11.4 Å². The molecule has 50 heavy (non-hydrogen) atoms. The zero-order chi connectivity index (χ0) is 34.2. The van der Waals surface area contributed by atoms with Gasteiger partial charge in [-0.2, -0.15) is 26.3 Å². The molecule has 0 N–H and O–H groups in total. The van der Waals surface area contributed by atoms with Crippen molar-refractivity contribution in [2.45, 2.75) is 12.4 Å². The van der Waals surface area contributed by atoms with Crippen molar-refractivity contribution in [1.82, 2.24) is 29.1 Å². The Bertz CT molecular complexity index is 2080. The smallest absolute Gasteiger partial charge is 0.407 e. The molecule has 3 aromatic carbocycles. The summed E-state index contributed by atoms with van der Waals surface area (Å²) in [4.78, 5) is 18.5. The van der Waals surface area contributed by atoms with Gasteiger partial charge in [-0.05, 0) is 46.8 Å². The predicted molar refractivity (Wildman–Crippen MR) is 170 cm³/mol. The topological polar surface area (TPSA) is 64.7 Å². The molecule has 0 radical (unpaired) electrons. The van der Waals surface area contributed by atoms with E-state index in [1.807, 2.05) is 0 Å². The normalized spacial score (nSPS) is 11.6. The van der Waals surface area contributed by atoms with Gasteiger partial charge in [-0.1, -0.05) is 103 Å². The fourth-order valence-electron chi connectivity index (χ4n) is 5.35. The first-order valence-electron chi connectivity index (χ1n) is 14.7. The fourth-order valence-corrected chi connectivity index (χ4v) is 5.35. The SMILES string of the molecule is FC(F)(F)c1c(-c2ccccc2)n[c-]n1-c1cccc(N(c2ccccc2)c2cccc(-n3[c-]nc(-c4ccccc4)c3C(F)(F)F)n2)n1.[Pt+2]. The molecule has 4 heterocycles. The molecule has 7 nitrogen and oxygen atoms in total. The molecule has 14 heteroatoms. The maximum atomic E-state index is 14.5. The molecule has 0 aliphatic rings. The Hall–Kier alpha value is -5.55. The van der Waals surface area contributed by atoms with E-state index < -0.39 is 23.7 Å². The van der Waals surface area contributed by atoms with Crippen molar-refractivity contribution in [3.63, 3.8) is 0 Å².